The molecule has 1 aliphatic heterocycles. The number of hydrogen-bond donors (Lipinski definition) is 0. The van der Waals surface area contributed by atoms with Crippen LogP contribution in [0.3, 0.4) is 0 Å². The maximum atomic E-state index is 13.0. The van der Waals surface area contributed by atoms with E-state index in [1.54, 1.807) is 21.9 Å². The van der Waals surface area contributed by atoms with Crippen molar-refractivity contribution in [1.29, 1.82) is 0 Å². The number of rotatable bonds is 6. The Morgan fingerprint density at radius 1 is 0.944 bits per heavy atom. The summed E-state index contributed by atoms with van der Waals surface area (Å²) >= 11 is 7.43. The first kappa shape index (κ1) is 24.1. The molecule has 2 amide bonds. The Bertz CT molecular complexity index is 1360. The first-order chi connectivity index (χ1) is 17.5. The Morgan fingerprint density at radius 2 is 1.67 bits per heavy atom. The van der Waals surface area contributed by atoms with Crippen LogP contribution in [0, 0.1) is 6.92 Å². The molecule has 0 aliphatic carbocycles. The fourth-order valence-electron chi connectivity index (χ4n) is 4.11. The summed E-state index contributed by atoms with van der Waals surface area (Å²) in [6.07, 6.45) is 1.48. The van der Waals surface area contributed by atoms with Gasteiger partial charge in [0.25, 0.3) is 5.91 Å². The Hall–Kier alpha value is -3.56. The third kappa shape index (κ3) is 5.03. The largest absolute Gasteiger partial charge is 0.459 e. The zero-order valence-corrected chi connectivity index (χ0v) is 21.2. The minimum atomic E-state index is -0.150. The third-order valence-electron chi connectivity index (χ3n) is 6.07. The quantitative estimate of drug-likeness (QED) is 0.346. The monoisotopic (exact) mass is 521 g/mol. The van der Waals surface area contributed by atoms with Crippen molar-refractivity contribution >= 4 is 35.2 Å². The number of aromatic nitrogens is 3. The number of thioether (sulfide) groups is 1. The van der Waals surface area contributed by atoms with Crippen molar-refractivity contribution in [3.05, 3.63) is 83.3 Å². The zero-order valence-electron chi connectivity index (χ0n) is 19.6. The van der Waals surface area contributed by atoms with E-state index in [9.17, 15) is 9.59 Å². The molecule has 4 aromatic rings. The third-order valence-corrected chi connectivity index (χ3v) is 7.23. The van der Waals surface area contributed by atoms with Crippen LogP contribution in [0.4, 0.5) is 0 Å². The van der Waals surface area contributed by atoms with Gasteiger partial charge in [-0.1, -0.05) is 41.6 Å². The fraction of sp³-hybridized carbons (Fsp3) is 0.231. The molecule has 1 fully saturated rings. The van der Waals surface area contributed by atoms with Crippen LogP contribution in [0.15, 0.2) is 76.5 Å². The Balaban J connectivity index is 1.30. The van der Waals surface area contributed by atoms with E-state index in [1.807, 2.05) is 60.0 Å². The average Bonchev–Trinajstić information content (AvgIpc) is 3.58. The van der Waals surface area contributed by atoms with E-state index in [4.69, 9.17) is 16.0 Å². The van der Waals surface area contributed by atoms with E-state index in [0.717, 1.165) is 16.8 Å². The molecule has 1 saturated heterocycles. The van der Waals surface area contributed by atoms with Crippen molar-refractivity contribution in [2.75, 3.05) is 31.9 Å². The Labute approximate surface area is 217 Å². The van der Waals surface area contributed by atoms with Crippen LogP contribution in [0.25, 0.3) is 17.1 Å². The summed E-state index contributed by atoms with van der Waals surface area (Å²) in [4.78, 5) is 29.0. The highest BCUT2D eigenvalue weighted by Crippen LogP contribution is 2.30. The lowest BCUT2D eigenvalue weighted by Crippen LogP contribution is -2.51. The number of benzene rings is 2. The number of hydrogen-bond acceptors (Lipinski definition) is 6. The van der Waals surface area contributed by atoms with Crippen molar-refractivity contribution in [2.24, 2.45) is 0 Å². The van der Waals surface area contributed by atoms with Gasteiger partial charge in [0.2, 0.25) is 5.91 Å². The Morgan fingerprint density at radius 3 is 2.36 bits per heavy atom. The highest BCUT2D eigenvalue weighted by atomic mass is 35.5. The molecule has 0 N–H and O–H groups in total. The molecular formula is C26H24ClN5O3S. The summed E-state index contributed by atoms with van der Waals surface area (Å²) < 4.78 is 7.19. The highest BCUT2D eigenvalue weighted by Gasteiger charge is 2.27. The number of furan rings is 1. The minimum Gasteiger partial charge on any atom is -0.459 e. The van der Waals surface area contributed by atoms with Crippen LogP contribution in [0.2, 0.25) is 5.02 Å². The summed E-state index contributed by atoms with van der Waals surface area (Å²) in [5.74, 6) is 1.06. The molecule has 2 aromatic carbocycles. The summed E-state index contributed by atoms with van der Waals surface area (Å²) in [5.41, 5.74) is 2.90. The lowest BCUT2D eigenvalue weighted by atomic mass is 10.1. The van der Waals surface area contributed by atoms with Crippen LogP contribution in [0.1, 0.15) is 16.1 Å². The maximum absolute atomic E-state index is 13.0. The topological polar surface area (TPSA) is 84.5 Å². The summed E-state index contributed by atoms with van der Waals surface area (Å²) in [7, 11) is 0. The first-order valence-corrected chi connectivity index (χ1v) is 12.9. The molecule has 0 atom stereocenters. The SMILES string of the molecule is Cc1ccccc1-n1c(SCC(=O)N2CCN(C(=O)c3ccco3)CC2)nnc1-c1ccc(Cl)cc1. The van der Waals surface area contributed by atoms with Crippen molar-refractivity contribution in [1.82, 2.24) is 24.6 Å². The Kier molecular flexibility index (Phi) is 7.11. The van der Waals surface area contributed by atoms with Gasteiger partial charge in [0.15, 0.2) is 16.7 Å². The molecule has 5 rings (SSSR count). The normalized spacial score (nSPS) is 13.7. The summed E-state index contributed by atoms with van der Waals surface area (Å²) in [6, 6.07) is 18.8. The summed E-state index contributed by atoms with van der Waals surface area (Å²) in [5, 5.41) is 10.1. The van der Waals surface area contributed by atoms with Crippen LogP contribution in [0.5, 0.6) is 0 Å². The molecule has 0 saturated carbocycles. The number of carbonyl (C=O) groups excluding carboxylic acids is 2. The smallest absolute Gasteiger partial charge is 0.289 e. The van der Waals surface area contributed by atoms with E-state index < -0.39 is 0 Å². The molecular weight excluding hydrogens is 498 g/mol. The van der Waals surface area contributed by atoms with Gasteiger partial charge in [-0.25, -0.2) is 0 Å². The molecule has 8 nitrogen and oxygen atoms in total. The first-order valence-electron chi connectivity index (χ1n) is 11.5. The van der Waals surface area contributed by atoms with Crippen LogP contribution in [-0.2, 0) is 4.79 Å². The van der Waals surface area contributed by atoms with E-state index in [1.165, 1.54) is 18.0 Å². The lowest BCUT2D eigenvalue weighted by Gasteiger charge is -2.34. The van der Waals surface area contributed by atoms with Gasteiger partial charge in [-0.3, -0.25) is 14.2 Å². The standard InChI is InChI=1S/C26H24ClN5O3S/c1-18-5-2-3-6-21(18)32-24(19-8-10-20(27)11-9-19)28-29-26(32)36-17-23(33)30-12-14-31(15-13-30)25(34)22-7-4-16-35-22/h2-11,16H,12-15,17H2,1H3. The van der Waals surface area contributed by atoms with E-state index in [0.29, 0.717) is 47.9 Å². The van der Waals surface area contributed by atoms with E-state index >= 15 is 0 Å². The molecule has 36 heavy (non-hydrogen) atoms. The van der Waals surface area contributed by atoms with Crippen molar-refractivity contribution in [3.8, 4) is 17.1 Å². The van der Waals surface area contributed by atoms with Crippen molar-refractivity contribution in [2.45, 2.75) is 12.1 Å². The van der Waals surface area contributed by atoms with Crippen LogP contribution in [-0.4, -0.2) is 68.3 Å². The second-order valence-electron chi connectivity index (χ2n) is 8.37. The molecule has 0 bridgehead atoms. The van der Waals surface area contributed by atoms with Gasteiger partial charge in [-0.15, -0.1) is 10.2 Å². The number of piperazine rings is 1. The van der Waals surface area contributed by atoms with Gasteiger partial charge in [0, 0.05) is 36.8 Å². The van der Waals surface area contributed by atoms with Crippen molar-refractivity contribution in [3.63, 3.8) is 0 Å². The molecule has 0 radical (unpaired) electrons. The number of carbonyl (C=O) groups is 2. The zero-order chi connectivity index (χ0) is 25.1. The van der Waals surface area contributed by atoms with Gasteiger partial charge < -0.3 is 14.2 Å². The van der Waals surface area contributed by atoms with Gasteiger partial charge in [0.05, 0.1) is 17.7 Å². The fourth-order valence-corrected chi connectivity index (χ4v) is 5.09. The number of aryl methyl sites for hydroxylation is 1. The molecule has 10 heteroatoms. The van der Waals surface area contributed by atoms with Gasteiger partial charge in [0.1, 0.15) is 0 Å². The maximum Gasteiger partial charge on any atom is 0.289 e. The molecule has 3 heterocycles. The second-order valence-corrected chi connectivity index (χ2v) is 9.75. The molecule has 1 aliphatic rings. The molecule has 184 valence electrons. The van der Waals surface area contributed by atoms with Gasteiger partial charge in [-0.05, 0) is 55.0 Å². The van der Waals surface area contributed by atoms with E-state index in [2.05, 4.69) is 10.2 Å². The summed E-state index contributed by atoms with van der Waals surface area (Å²) in [6.45, 7) is 3.93. The highest BCUT2D eigenvalue weighted by molar-refractivity contribution is 7.99. The number of para-hydroxylation sites is 1. The van der Waals surface area contributed by atoms with Gasteiger partial charge >= 0.3 is 0 Å². The minimum absolute atomic E-state index is 0.00234. The van der Waals surface area contributed by atoms with Crippen molar-refractivity contribution < 1.29 is 14.0 Å². The predicted molar refractivity (Wildman–Crippen MR) is 138 cm³/mol. The lowest BCUT2D eigenvalue weighted by molar-refractivity contribution is -0.129. The number of halogens is 1. The molecule has 0 unspecified atom stereocenters. The van der Waals surface area contributed by atoms with Gasteiger partial charge in [-0.2, -0.15) is 0 Å². The second kappa shape index (κ2) is 10.6. The van der Waals surface area contributed by atoms with E-state index in [-0.39, 0.29) is 17.6 Å². The average molecular weight is 522 g/mol. The number of amides is 2. The molecule has 2 aromatic heterocycles. The molecule has 0 spiro atoms. The van der Waals surface area contributed by atoms with Crippen LogP contribution >= 0.6 is 23.4 Å². The number of nitrogens with zero attached hydrogens (tertiary/aromatic N) is 5. The predicted octanol–water partition coefficient (Wildman–Crippen LogP) is 4.57. The van der Waals surface area contributed by atoms with Crippen LogP contribution < -0.4 is 0 Å².